The van der Waals surface area contributed by atoms with Crippen LogP contribution < -0.4 is 70.8 Å². The molecule has 6 aromatic heterocycles. The van der Waals surface area contributed by atoms with E-state index < -0.39 is 0 Å². The van der Waals surface area contributed by atoms with Crippen molar-refractivity contribution in [1.29, 1.82) is 0 Å². The summed E-state index contributed by atoms with van der Waals surface area (Å²) in [6.07, 6.45) is 15.9. The van der Waals surface area contributed by atoms with E-state index in [1.165, 1.54) is 59.1 Å². The summed E-state index contributed by atoms with van der Waals surface area (Å²) in [5, 5.41) is 34.0. The van der Waals surface area contributed by atoms with Crippen molar-refractivity contribution >= 4 is 106 Å². The zero-order valence-corrected chi connectivity index (χ0v) is 69.2. The van der Waals surface area contributed by atoms with Crippen LogP contribution in [-0.2, 0) is 38.5 Å². The minimum Gasteiger partial charge on any atom is -0.472 e. The molecule has 0 amide bonds. The molecule has 6 atom stereocenters. The fourth-order valence-corrected chi connectivity index (χ4v) is 13.1. The van der Waals surface area contributed by atoms with Gasteiger partial charge < -0.3 is 76.6 Å². The van der Waals surface area contributed by atoms with Crippen molar-refractivity contribution in [3.8, 4) is 0 Å². The minimum atomic E-state index is -0.126. The Morgan fingerprint density at radius 1 is 0.349 bits per heavy atom. The normalized spacial score (nSPS) is 20.0. The summed E-state index contributed by atoms with van der Waals surface area (Å²) in [5.74, 6) is 7.95. The molecule has 0 fully saturated rings. The van der Waals surface area contributed by atoms with Gasteiger partial charge in [0.2, 0.25) is 29.8 Å². The van der Waals surface area contributed by atoms with E-state index in [-0.39, 0.29) is 37.0 Å². The molecular weight excluding hydrogens is 1440 g/mol. The summed E-state index contributed by atoms with van der Waals surface area (Å²) in [7, 11) is 13.9. The van der Waals surface area contributed by atoms with Crippen LogP contribution in [0.2, 0.25) is 0 Å². The third-order valence-electron chi connectivity index (χ3n) is 17.2. The number of nitrogens with two attached hydrogens (primary N) is 4. The Morgan fingerprint density at radius 2 is 0.642 bits per heavy atom. The molecule has 6 aliphatic heterocycles. The number of hydrogen-bond acceptors (Lipinski definition) is 30. The van der Waals surface area contributed by atoms with E-state index >= 15 is 0 Å². The van der Waals surface area contributed by atoms with Crippen molar-refractivity contribution in [2.24, 2.45) is 82.8 Å². The number of aryl methyl sites for hydroxylation is 6. The molecule has 0 aromatic carbocycles. The topological polar surface area (TPSA) is 416 Å². The smallest absolute Gasteiger partial charge is 0.202 e. The molecule has 36 heteroatoms. The summed E-state index contributed by atoms with van der Waals surface area (Å²) in [6, 6.07) is 6.54. The Bertz CT molecular complexity index is 4060. The molecule has 109 heavy (non-hydrogen) atoms. The molecule has 6 unspecified atom stereocenters. The Labute approximate surface area is 654 Å². The zero-order chi connectivity index (χ0) is 79.3. The number of likely N-dealkylation sites (N-methyl/N-ethyl adjacent to an activating group) is 3. The summed E-state index contributed by atoms with van der Waals surface area (Å²) in [4.78, 5) is 66.3. The van der Waals surface area contributed by atoms with Crippen molar-refractivity contribution in [2.45, 2.75) is 159 Å². The lowest BCUT2D eigenvalue weighted by molar-refractivity contribution is 0.476. The van der Waals surface area contributed by atoms with Crippen molar-refractivity contribution in [1.82, 2.24) is 72.4 Å². The minimum absolute atomic E-state index is 0.0158. The number of nitrogens with zero attached hydrogens (tertiary/aromatic N) is 17. The second kappa shape index (κ2) is 42.8. The number of nitrogens with one attached hydrogen (secondary N) is 9. The summed E-state index contributed by atoms with van der Waals surface area (Å²) in [5.41, 5.74) is 33.9. The highest BCUT2D eigenvalue weighted by atomic mass is 32.1. The molecule has 0 radical (unpaired) electrons. The van der Waals surface area contributed by atoms with Crippen LogP contribution in [0.5, 0.6) is 0 Å². The Hall–Kier alpha value is -10.6. The molecule has 0 aliphatic carbocycles. The van der Waals surface area contributed by atoms with Gasteiger partial charge in [-0.15, -0.1) is 34.0 Å². The summed E-state index contributed by atoms with van der Waals surface area (Å²) in [6.45, 7) is 29.1. The first kappa shape index (κ1) is 85.6. The van der Waals surface area contributed by atoms with Crippen LogP contribution in [0.25, 0.3) is 0 Å². The van der Waals surface area contributed by atoms with E-state index in [0.29, 0.717) is 48.8 Å². The van der Waals surface area contributed by atoms with Gasteiger partial charge in [-0.1, -0.05) is 0 Å². The highest BCUT2D eigenvalue weighted by Crippen LogP contribution is 2.19. The number of hydrogen-bond donors (Lipinski definition) is 13. The monoisotopic (exact) mass is 1560 g/mol. The van der Waals surface area contributed by atoms with Gasteiger partial charge in [-0.25, -0.2) is 44.9 Å². The molecule has 594 valence electrons. The average molecular weight is 1560 g/mol. The molecule has 6 aromatic rings. The number of aliphatic imine (C=N–C) groups is 12. The highest BCUT2D eigenvalue weighted by molar-refractivity contribution is 7.10. The highest BCUT2D eigenvalue weighted by Gasteiger charge is 2.22. The fourth-order valence-electron chi connectivity index (χ4n) is 10.8. The van der Waals surface area contributed by atoms with Gasteiger partial charge in [-0.2, -0.15) is 0 Å². The van der Waals surface area contributed by atoms with Gasteiger partial charge in [-0.05, 0) is 206 Å². The second-order valence-corrected chi connectivity index (χ2v) is 30.3. The molecule has 17 N–H and O–H groups in total. The number of furan rings is 3. The SMILES string of the molecule is Cc1cocc1CCN(C)C1=NC(C)N=C(N)N1.Cc1cocc1CCN=C1NC(N(C)C)=NC(C)N1.Cc1cocc1CCN=C1NC(N)=NC(C)N1.Cc1sccc1CCN(C)C1=NC(C)N=C(N(C)C)N1.Cc1sccc1CCN(C)C1=NC(C)N=C(N)N1.Cc1sccc1CCN=C1NC(N)=NC(C)N1. The maximum atomic E-state index is 5.70. The van der Waals surface area contributed by atoms with Crippen molar-refractivity contribution in [2.75, 3.05) is 88.6 Å². The van der Waals surface area contributed by atoms with Crippen molar-refractivity contribution in [3.63, 3.8) is 0 Å². The van der Waals surface area contributed by atoms with Gasteiger partial charge in [0.15, 0.2) is 41.7 Å². The van der Waals surface area contributed by atoms with Crippen molar-refractivity contribution < 1.29 is 13.3 Å². The molecular formula is C73H116N30O3S3. The van der Waals surface area contributed by atoms with Gasteiger partial charge in [-0.3, -0.25) is 46.9 Å². The largest absolute Gasteiger partial charge is 0.472 e. The predicted molar refractivity (Wildman–Crippen MR) is 451 cm³/mol. The first-order valence-corrected chi connectivity index (χ1v) is 39.0. The number of thiophene rings is 3. The molecule has 6 aliphatic rings. The van der Waals surface area contributed by atoms with Crippen LogP contribution in [0.1, 0.15) is 106 Å². The van der Waals surface area contributed by atoms with Crippen LogP contribution >= 0.6 is 34.0 Å². The first-order valence-electron chi connectivity index (χ1n) is 36.3. The van der Waals surface area contributed by atoms with Crippen LogP contribution in [0.3, 0.4) is 0 Å². The molecule has 33 nitrogen and oxygen atoms in total. The molecule has 12 heterocycles. The van der Waals surface area contributed by atoms with Crippen LogP contribution in [0.4, 0.5) is 0 Å². The van der Waals surface area contributed by atoms with Crippen molar-refractivity contribution in [3.05, 3.63) is 137 Å². The molecule has 0 bridgehead atoms. The standard InChI is InChI=1S/C14H23N5S.C13H21N5O.C12H19N5O.C12H19N5S.C11H17N5O.C11H17N5S/c1-10-12(7-9-20-10)6-8-19(5)14-16-11(2)15-13(17-14)18(3)4;1-9-7-19-8-11(9)5-6-14-12-15-10(2)16-13(17-12)18(3)4;1-8-6-18-7-10(8)4-5-17(3)12-15-9(2)14-11(13)16-12;1-8-10(5-7-18-8)4-6-17(3)12-15-9(2)14-11(13)16-12;1-7-5-17-6-9(7)3-4-13-11-15-8(2)14-10(12)16-11;1-7-9(4-6-17-7)3-5-13-11-15-8(2)14-10(12)16-11/h7,9,11H,6,8H2,1-5H3,(H,15,16,17);7-8,10H,5-6H2,1-4H3,(H2,14,15,16,17);6-7,9H,4-5H2,1-3H3,(H3,13,14,15,16);5,7,9H,4,6H2,1-3H3,(H3,13,14,15,16);5-6,8H,3-4H2,1-2H3,(H4,12,13,14,15,16);4,6,8H,3,5H2,1-2H3,(H4,12,13,14,15,16). The van der Waals surface area contributed by atoms with E-state index in [0.717, 1.165) is 106 Å². The van der Waals surface area contributed by atoms with Crippen LogP contribution in [-0.4, -0.2) is 222 Å². The fraction of sp³-hybridized carbons (Fsp3) is 0.507. The van der Waals surface area contributed by atoms with E-state index in [1.54, 1.807) is 71.6 Å². The third kappa shape index (κ3) is 29.1. The average Bonchev–Trinajstić information content (AvgIpc) is 1.84. The van der Waals surface area contributed by atoms with E-state index in [4.69, 9.17) is 36.2 Å². The van der Waals surface area contributed by atoms with E-state index in [2.05, 4.69) is 180 Å². The van der Waals surface area contributed by atoms with Gasteiger partial charge in [0, 0.05) is 103 Å². The van der Waals surface area contributed by atoms with Crippen LogP contribution in [0, 0.1) is 41.5 Å². The summed E-state index contributed by atoms with van der Waals surface area (Å²) < 4.78 is 15.4. The zero-order valence-electron chi connectivity index (χ0n) is 66.7. The molecule has 0 spiro atoms. The van der Waals surface area contributed by atoms with Gasteiger partial charge >= 0.3 is 0 Å². The maximum absolute atomic E-state index is 5.70. The quantitative estimate of drug-likeness (QED) is 0.0492. The second-order valence-electron chi connectivity index (χ2n) is 26.9. The van der Waals surface area contributed by atoms with Gasteiger partial charge in [0.05, 0.1) is 37.6 Å². The predicted octanol–water partition coefficient (Wildman–Crippen LogP) is 5.68. The van der Waals surface area contributed by atoms with Gasteiger partial charge in [0.25, 0.3) is 0 Å². The molecule has 0 saturated carbocycles. The third-order valence-corrected chi connectivity index (χ3v) is 19.8. The lowest BCUT2D eigenvalue weighted by Gasteiger charge is -2.29. The number of rotatable bonds is 18. The Balaban J connectivity index is 0.000000182. The lowest BCUT2D eigenvalue weighted by atomic mass is 10.1. The Morgan fingerprint density at radius 3 is 0.972 bits per heavy atom. The number of guanidine groups is 12. The van der Waals surface area contributed by atoms with E-state index in [1.807, 2.05) is 119 Å². The molecule has 0 saturated heterocycles. The lowest BCUT2D eigenvalue weighted by Crippen LogP contribution is -2.53. The van der Waals surface area contributed by atoms with E-state index in [9.17, 15) is 0 Å². The Kier molecular flexibility index (Phi) is 33.6. The van der Waals surface area contributed by atoms with Crippen LogP contribution in [0.15, 0.2) is 145 Å². The van der Waals surface area contributed by atoms with Gasteiger partial charge in [0.1, 0.15) is 37.0 Å². The maximum Gasteiger partial charge on any atom is 0.202 e. The summed E-state index contributed by atoms with van der Waals surface area (Å²) >= 11 is 5.37. The molecule has 12 rings (SSSR count). The first-order chi connectivity index (χ1) is 51.9.